The minimum absolute atomic E-state index is 0.0369. The molecule has 2 aliphatic rings. The Labute approximate surface area is 169 Å². The molecule has 2 heteroatoms. The molecule has 2 aromatic rings. The zero-order valence-electron chi connectivity index (χ0n) is 17.0. The first-order valence-electron chi connectivity index (χ1n) is 11.1. The van der Waals surface area contributed by atoms with E-state index in [1.807, 2.05) is 24.3 Å². The van der Waals surface area contributed by atoms with Gasteiger partial charge >= 0.3 is 5.97 Å². The third-order valence-electron chi connectivity index (χ3n) is 6.88. The van der Waals surface area contributed by atoms with Crippen molar-refractivity contribution < 1.29 is 9.53 Å². The molecule has 2 saturated carbocycles. The van der Waals surface area contributed by atoms with Crippen LogP contribution in [0.15, 0.2) is 48.5 Å². The summed E-state index contributed by atoms with van der Waals surface area (Å²) in [7, 11) is 0. The van der Waals surface area contributed by atoms with E-state index in [1.54, 1.807) is 0 Å². The highest BCUT2D eigenvalue weighted by Gasteiger charge is 2.32. The lowest BCUT2D eigenvalue weighted by molar-refractivity contribution is -0.140. The largest absolute Gasteiger partial charge is 0.426 e. The standard InChI is InChI=1S/C26H32O2/c1-19-7-9-21(10-8-19)23-15-17-25(18-16-23)28-26(27)24-13-11-22(12-14-24)20-5-3-2-4-6-20/h7-10,15-18,20,22,24H,2-6,11-14H2,1H3. The first kappa shape index (κ1) is 19.2. The van der Waals surface area contributed by atoms with E-state index in [9.17, 15) is 4.79 Å². The van der Waals surface area contributed by atoms with Gasteiger partial charge in [0.05, 0.1) is 5.92 Å². The van der Waals surface area contributed by atoms with Gasteiger partial charge in [0.2, 0.25) is 0 Å². The minimum atomic E-state index is -0.0369. The quantitative estimate of drug-likeness (QED) is 0.426. The zero-order chi connectivity index (χ0) is 19.3. The predicted molar refractivity (Wildman–Crippen MR) is 114 cm³/mol. The van der Waals surface area contributed by atoms with Crippen molar-refractivity contribution in [1.82, 2.24) is 0 Å². The maximum absolute atomic E-state index is 12.6. The molecule has 0 atom stereocenters. The van der Waals surface area contributed by atoms with Gasteiger partial charge in [0.1, 0.15) is 5.75 Å². The third kappa shape index (κ3) is 4.66. The van der Waals surface area contributed by atoms with Crippen LogP contribution in [0.2, 0.25) is 0 Å². The Morgan fingerprint density at radius 1 is 0.714 bits per heavy atom. The van der Waals surface area contributed by atoms with E-state index in [0.717, 1.165) is 30.2 Å². The van der Waals surface area contributed by atoms with Crippen LogP contribution < -0.4 is 4.74 Å². The van der Waals surface area contributed by atoms with Gasteiger partial charge in [-0.2, -0.15) is 0 Å². The lowest BCUT2D eigenvalue weighted by Gasteiger charge is -2.35. The van der Waals surface area contributed by atoms with Gasteiger partial charge in [-0.3, -0.25) is 4.79 Å². The molecule has 0 saturated heterocycles. The molecule has 28 heavy (non-hydrogen) atoms. The van der Waals surface area contributed by atoms with Crippen molar-refractivity contribution in [2.24, 2.45) is 17.8 Å². The second-order valence-corrected chi connectivity index (χ2v) is 8.82. The van der Waals surface area contributed by atoms with Crippen molar-refractivity contribution in [2.75, 3.05) is 0 Å². The molecule has 148 valence electrons. The number of carbonyl (C=O) groups excluding carboxylic acids is 1. The highest BCUT2D eigenvalue weighted by molar-refractivity contribution is 5.75. The summed E-state index contributed by atoms with van der Waals surface area (Å²) in [5.41, 5.74) is 3.59. The maximum atomic E-state index is 12.6. The number of benzene rings is 2. The Hall–Kier alpha value is -2.09. The Balaban J connectivity index is 1.29. The summed E-state index contributed by atoms with van der Waals surface area (Å²) < 4.78 is 5.71. The molecule has 0 spiro atoms. The van der Waals surface area contributed by atoms with Gasteiger partial charge < -0.3 is 4.74 Å². The number of ether oxygens (including phenoxy) is 1. The Bertz CT molecular complexity index is 761. The van der Waals surface area contributed by atoms with Gasteiger partial charge in [-0.05, 0) is 67.7 Å². The van der Waals surface area contributed by atoms with Gasteiger partial charge in [-0.15, -0.1) is 0 Å². The van der Waals surface area contributed by atoms with Crippen LogP contribution in [0.5, 0.6) is 5.75 Å². The van der Waals surface area contributed by atoms with E-state index < -0.39 is 0 Å². The molecular formula is C26H32O2. The number of esters is 1. The van der Waals surface area contributed by atoms with E-state index in [4.69, 9.17) is 4.74 Å². The van der Waals surface area contributed by atoms with E-state index in [2.05, 4.69) is 31.2 Å². The van der Waals surface area contributed by atoms with E-state index in [0.29, 0.717) is 5.75 Å². The van der Waals surface area contributed by atoms with Crippen molar-refractivity contribution >= 4 is 5.97 Å². The average molecular weight is 377 g/mol. The third-order valence-corrected chi connectivity index (χ3v) is 6.88. The lowest BCUT2D eigenvalue weighted by Crippen LogP contribution is -2.29. The number of rotatable bonds is 4. The molecular weight excluding hydrogens is 344 g/mol. The molecule has 2 aromatic carbocycles. The molecule has 0 bridgehead atoms. The number of hydrogen-bond acceptors (Lipinski definition) is 2. The molecule has 2 nitrogen and oxygen atoms in total. The van der Waals surface area contributed by atoms with Gasteiger partial charge in [-0.1, -0.05) is 74.1 Å². The fraction of sp³-hybridized carbons (Fsp3) is 0.500. The normalized spacial score (nSPS) is 23.3. The first-order valence-corrected chi connectivity index (χ1v) is 11.1. The van der Waals surface area contributed by atoms with Crippen LogP contribution in [0.4, 0.5) is 0 Å². The Morgan fingerprint density at radius 2 is 1.25 bits per heavy atom. The molecule has 0 radical (unpaired) electrons. The summed E-state index contributed by atoms with van der Waals surface area (Å²) in [6, 6.07) is 16.4. The highest BCUT2D eigenvalue weighted by Crippen LogP contribution is 2.40. The summed E-state index contributed by atoms with van der Waals surface area (Å²) in [4.78, 5) is 12.6. The summed E-state index contributed by atoms with van der Waals surface area (Å²) >= 11 is 0. The van der Waals surface area contributed by atoms with Crippen LogP contribution in [0, 0.1) is 24.7 Å². The fourth-order valence-electron chi connectivity index (χ4n) is 5.09. The summed E-state index contributed by atoms with van der Waals surface area (Å²) in [6.07, 6.45) is 11.5. The molecule has 0 aliphatic heterocycles. The molecule has 0 amide bonds. The molecule has 0 aromatic heterocycles. The van der Waals surface area contributed by atoms with Crippen molar-refractivity contribution in [3.63, 3.8) is 0 Å². The number of aryl methyl sites for hydroxylation is 1. The monoisotopic (exact) mass is 376 g/mol. The second kappa shape index (κ2) is 8.94. The van der Waals surface area contributed by atoms with Crippen molar-refractivity contribution in [3.8, 4) is 16.9 Å². The minimum Gasteiger partial charge on any atom is -0.426 e. The molecule has 4 rings (SSSR count). The summed E-state index contributed by atoms with van der Waals surface area (Å²) in [5.74, 6) is 2.47. The fourth-order valence-corrected chi connectivity index (χ4v) is 5.09. The average Bonchev–Trinajstić information content (AvgIpc) is 2.76. The van der Waals surface area contributed by atoms with Crippen LogP contribution in [-0.4, -0.2) is 5.97 Å². The van der Waals surface area contributed by atoms with Crippen LogP contribution in [-0.2, 0) is 4.79 Å². The highest BCUT2D eigenvalue weighted by atomic mass is 16.5. The number of hydrogen-bond donors (Lipinski definition) is 0. The lowest BCUT2D eigenvalue weighted by atomic mass is 9.71. The van der Waals surface area contributed by atoms with E-state index >= 15 is 0 Å². The Kier molecular flexibility index (Phi) is 6.14. The SMILES string of the molecule is Cc1ccc(-c2ccc(OC(=O)C3CCC(C4CCCCC4)CC3)cc2)cc1. The van der Waals surface area contributed by atoms with Gasteiger partial charge in [0.25, 0.3) is 0 Å². The van der Waals surface area contributed by atoms with E-state index in [-0.39, 0.29) is 11.9 Å². The second-order valence-electron chi connectivity index (χ2n) is 8.82. The van der Waals surface area contributed by atoms with Crippen LogP contribution in [0.3, 0.4) is 0 Å². The Morgan fingerprint density at radius 3 is 1.86 bits per heavy atom. The van der Waals surface area contributed by atoms with Crippen LogP contribution in [0.25, 0.3) is 11.1 Å². The molecule has 0 N–H and O–H groups in total. The molecule has 0 unspecified atom stereocenters. The van der Waals surface area contributed by atoms with Gasteiger partial charge in [-0.25, -0.2) is 0 Å². The molecule has 2 fully saturated rings. The predicted octanol–water partition coefficient (Wildman–Crippen LogP) is 6.95. The van der Waals surface area contributed by atoms with Gasteiger partial charge in [0, 0.05) is 0 Å². The van der Waals surface area contributed by atoms with E-state index in [1.165, 1.54) is 56.1 Å². The van der Waals surface area contributed by atoms with Crippen LogP contribution >= 0.6 is 0 Å². The molecule has 0 heterocycles. The van der Waals surface area contributed by atoms with Crippen molar-refractivity contribution in [2.45, 2.75) is 64.7 Å². The van der Waals surface area contributed by atoms with Crippen LogP contribution in [0.1, 0.15) is 63.4 Å². The van der Waals surface area contributed by atoms with Crippen molar-refractivity contribution in [1.29, 1.82) is 0 Å². The summed E-state index contributed by atoms with van der Waals surface area (Å²) in [6.45, 7) is 2.09. The summed E-state index contributed by atoms with van der Waals surface area (Å²) in [5, 5.41) is 0. The number of carbonyl (C=O) groups is 1. The van der Waals surface area contributed by atoms with Crippen molar-refractivity contribution in [3.05, 3.63) is 54.1 Å². The first-order chi connectivity index (χ1) is 13.7. The topological polar surface area (TPSA) is 26.3 Å². The van der Waals surface area contributed by atoms with Gasteiger partial charge in [0.15, 0.2) is 0 Å². The molecule has 2 aliphatic carbocycles. The maximum Gasteiger partial charge on any atom is 0.314 e. The smallest absolute Gasteiger partial charge is 0.314 e. The zero-order valence-corrected chi connectivity index (χ0v) is 17.0.